The zero-order valence-corrected chi connectivity index (χ0v) is 18.4. The minimum absolute atomic E-state index is 0.234. The van der Waals surface area contributed by atoms with Gasteiger partial charge >= 0.3 is 11.9 Å². The van der Waals surface area contributed by atoms with E-state index in [0.29, 0.717) is 11.3 Å². The van der Waals surface area contributed by atoms with Gasteiger partial charge in [0.2, 0.25) is 0 Å². The van der Waals surface area contributed by atoms with Crippen LogP contribution in [0.2, 0.25) is 0 Å². The first kappa shape index (κ1) is 22.6. The fourth-order valence-electron chi connectivity index (χ4n) is 3.18. The monoisotopic (exact) mass is 460 g/mol. The van der Waals surface area contributed by atoms with Gasteiger partial charge in [0.25, 0.3) is 11.1 Å². The Labute approximate surface area is 192 Å². The Bertz CT molecular complexity index is 1450. The number of rotatable bonds is 6. The molecule has 0 aliphatic heterocycles. The highest BCUT2D eigenvalue weighted by Gasteiger charge is 2.08. The van der Waals surface area contributed by atoms with E-state index < -0.39 is 11.9 Å². The first-order valence-corrected chi connectivity index (χ1v) is 10.3. The van der Waals surface area contributed by atoms with E-state index in [4.69, 9.17) is 9.47 Å². The molecule has 4 rings (SSSR count). The number of ether oxygens (including phenoxy) is 2. The topological polar surface area (TPSA) is 121 Å². The van der Waals surface area contributed by atoms with Gasteiger partial charge < -0.3 is 9.47 Å². The number of carbonyl (C=O) groups is 2. The SMILES string of the molecule is Cc1ccn2c(=O)cc(COC(=O)/C=C/C(=O)OCc3cc(=O)n4ccc(C)cc4n3)nc2c1. The predicted octanol–water partition coefficient (Wildman–Crippen LogP) is 1.66. The minimum atomic E-state index is -0.805. The summed E-state index contributed by atoms with van der Waals surface area (Å²) in [6.45, 7) is 3.28. The second-order valence-electron chi connectivity index (χ2n) is 7.58. The number of aryl methyl sites for hydroxylation is 2. The molecule has 0 atom stereocenters. The molecule has 0 aliphatic carbocycles. The van der Waals surface area contributed by atoms with Crippen molar-refractivity contribution in [3.63, 3.8) is 0 Å². The third-order valence-electron chi connectivity index (χ3n) is 4.83. The van der Waals surface area contributed by atoms with Crippen molar-refractivity contribution in [3.05, 3.63) is 104 Å². The van der Waals surface area contributed by atoms with Crippen molar-refractivity contribution in [2.75, 3.05) is 0 Å². The van der Waals surface area contributed by atoms with E-state index in [2.05, 4.69) is 9.97 Å². The van der Waals surface area contributed by atoms with Crippen LogP contribution in [0.15, 0.2) is 70.5 Å². The highest BCUT2D eigenvalue weighted by Crippen LogP contribution is 2.06. The zero-order valence-electron chi connectivity index (χ0n) is 18.4. The first-order valence-electron chi connectivity index (χ1n) is 10.3. The molecule has 0 radical (unpaired) electrons. The lowest BCUT2D eigenvalue weighted by atomic mass is 10.3. The highest BCUT2D eigenvalue weighted by molar-refractivity contribution is 5.91. The zero-order chi connectivity index (χ0) is 24.2. The molecule has 0 unspecified atom stereocenters. The van der Waals surface area contributed by atoms with Crippen LogP contribution in [0.4, 0.5) is 0 Å². The Balaban J connectivity index is 1.33. The number of hydrogen-bond donors (Lipinski definition) is 0. The molecule has 10 nitrogen and oxygen atoms in total. The summed E-state index contributed by atoms with van der Waals surface area (Å²) in [5.41, 5.74) is 2.71. The second-order valence-corrected chi connectivity index (χ2v) is 7.58. The van der Waals surface area contributed by atoms with Crippen LogP contribution in [-0.4, -0.2) is 30.7 Å². The Morgan fingerprint density at radius 2 is 1.18 bits per heavy atom. The largest absolute Gasteiger partial charge is 0.456 e. The van der Waals surface area contributed by atoms with Crippen molar-refractivity contribution in [1.29, 1.82) is 0 Å². The summed E-state index contributed by atoms with van der Waals surface area (Å²) in [7, 11) is 0. The molecule has 0 aliphatic rings. The molecular formula is C24H20N4O6. The summed E-state index contributed by atoms with van der Waals surface area (Å²) in [5, 5.41) is 0. The Hall–Kier alpha value is -4.60. The van der Waals surface area contributed by atoms with Crippen LogP contribution >= 0.6 is 0 Å². The maximum Gasteiger partial charge on any atom is 0.331 e. The van der Waals surface area contributed by atoms with Crippen molar-refractivity contribution >= 4 is 23.2 Å². The van der Waals surface area contributed by atoms with Gasteiger partial charge in [-0.2, -0.15) is 0 Å². The summed E-state index contributed by atoms with van der Waals surface area (Å²) in [6, 6.07) is 9.60. The molecular weight excluding hydrogens is 440 g/mol. The standard InChI is InChI=1S/C24H20N4O6/c1-15-5-7-27-19(9-15)25-17(11-21(27)29)13-33-23(31)3-4-24(32)34-14-18-12-22(30)28-8-6-16(2)10-20(28)26-18/h3-12H,13-14H2,1-2H3/b4-3+. The average Bonchev–Trinajstić information content (AvgIpc) is 2.79. The fourth-order valence-corrected chi connectivity index (χ4v) is 3.18. The molecule has 10 heteroatoms. The quantitative estimate of drug-likeness (QED) is 0.315. The minimum Gasteiger partial charge on any atom is -0.456 e. The third-order valence-corrected chi connectivity index (χ3v) is 4.83. The van der Waals surface area contributed by atoms with E-state index in [9.17, 15) is 19.2 Å². The van der Waals surface area contributed by atoms with E-state index >= 15 is 0 Å². The van der Waals surface area contributed by atoms with Crippen molar-refractivity contribution in [1.82, 2.24) is 18.8 Å². The lowest BCUT2D eigenvalue weighted by Gasteiger charge is -2.06. The molecule has 0 N–H and O–H groups in total. The van der Waals surface area contributed by atoms with Gasteiger partial charge in [-0.05, 0) is 49.2 Å². The van der Waals surface area contributed by atoms with Crippen molar-refractivity contribution in [2.45, 2.75) is 27.1 Å². The number of hydrogen-bond acceptors (Lipinski definition) is 8. The third kappa shape index (κ3) is 5.23. The number of pyridine rings is 2. The van der Waals surface area contributed by atoms with E-state index in [0.717, 1.165) is 23.3 Å². The van der Waals surface area contributed by atoms with Gasteiger partial charge in [0.05, 0.1) is 11.4 Å². The highest BCUT2D eigenvalue weighted by atomic mass is 16.5. The maximum atomic E-state index is 12.2. The van der Waals surface area contributed by atoms with Gasteiger partial charge in [0.1, 0.15) is 24.5 Å². The molecule has 4 heterocycles. The van der Waals surface area contributed by atoms with Gasteiger partial charge in [0, 0.05) is 36.7 Å². The number of esters is 2. The van der Waals surface area contributed by atoms with Crippen LogP contribution in [0.25, 0.3) is 11.3 Å². The van der Waals surface area contributed by atoms with Crippen molar-refractivity contribution in [2.24, 2.45) is 0 Å². The van der Waals surface area contributed by atoms with Crippen LogP contribution in [0.1, 0.15) is 22.5 Å². The second kappa shape index (κ2) is 9.49. The van der Waals surface area contributed by atoms with E-state index in [-0.39, 0.29) is 35.7 Å². The summed E-state index contributed by atoms with van der Waals surface area (Å²) >= 11 is 0. The number of aromatic nitrogens is 4. The van der Waals surface area contributed by atoms with Crippen LogP contribution in [0.3, 0.4) is 0 Å². The lowest BCUT2D eigenvalue weighted by molar-refractivity contribution is -0.141. The molecule has 0 spiro atoms. The summed E-state index contributed by atoms with van der Waals surface area (Å²) in [6.07, 6.45) is 5.06. The Morgan fingerprint density at radius 3 is 1.59 bits per heavy atom. The van der Waals surface area contributed by atoms with Crippen LogP contribution in [-0.2, 0) is 32.3 Å². The molecule has 0 saturated heterocycles. The molecule has 0 fully saturated rings. The van der Waals surface area contributed by atoms with Crippen LogP contribution in [0.5, 0.6) is 0 Å². The molecule has 0 amide bonds. The number of fused-ring (bicyclic) bond motifs is 2. The number of nitrogens with zero attached hydrogens (tertiary/aromatic N) is 4. The van der Waals surface area contributed by atoms with E-state index in [1.54, 1.807) is 36.7 Å². The average molecular weight is 460 g/mol. The summed E-state index contributed by atoms with van der Waals surface area (Å²) in [5.74, 6) is -1.61. The molecule has 0 saturated carbocycles. The van der Waals surface area contributed by atoms with E-state index in [1.165, 1.54) is 20.9 Å². The van der Waals surface area contributed by atoms with Gasteiger partial charge in [0.15, 0.2) is 0 Å². The molecule has 34 heavy (non-hydrogen) atoms. The fraction of sp³-hybridized carbons (Fsp3) is 0.167. The number of carbonyl (C=O) groups excluding carboxylic acids is 2. The molecule has 0 bridgehead atoms. The normalized spacial score (nSPS) is 11.2. The lowest BCUT2D eigenvalue weighted by Crippen LogP contribution is -2.16. The molecule has 172 valence electrons. The predicted molar refractivity (Wildman–Crippen MR) is 121 cm³/mol. The van der Waals surface area contributed by atoms with Gasteiger partial charge in [-0.3, -0.25) is 18.4 Å². The van der Waals surface area contributed by atoms with Crippen molar-refractivity contribution in [3.8, 4) is 0 Å². The Kier molecular flexibility index (Phi) is 6.30. The summed E-state index contributed by atoms with van der Waals surface area (Å²) < 4.78 is 12.9. The van der Waals surface area contributed by atoms with Crippen molar-refractivity contribution < 1.29 is 19.1 Å². The Morgan fingerprint density at radius 1 is 0.765 bits per heavy atom. The molecule has 0 aromatic carbocycles. The van der Waals surface area contributed by atoms with Gasteiger partial charge in [-0.15, -0.1) is 0 Å². The molecule has 4 aromatic heterocycles. The summed E-state index contributed by atoms with van der Waals surface area (Å²) in [4.78, 5) is 56.8. The van der Waals surface area contributed by atoms with Gasteiger partial charge in [-0.25, -0.2) is 19.6 Å². The first-order chi connectivity index (χ1) is 16.3. The van der Waals surface area contributed by atoms with E-state index in [1.807, 2.05) is 13.8 Å². The van der Waals surface area contributed by atoms with Crippen LogP contribution in [0, 0.1) is 13.8 Å². The smallest absolute Gasteiger partial charge is 0.331 e. The maximum absolute atomic E-state index is 12.2. The van der Waals surface area contributed by atoms with Gasteiger partial charge in [-0.1, -0.05) is 0 Å². The van der Waals surface area contributed by atoms with Crippen LogP contribution < -0.4 is 11.1 Å². The molecule has 4 aromatic rings.